The molecule has 1 unspecified atom stereocenters. The van der Waals surface area contributed by atoms with Crippen LogP contribution in [-0.2, 0) is 17.9 Å². The summed E-state index contributed by atoms with van der Waals surface area (Å²) in [6.45, 7) is 19.4. The number of rotatable bonds is 49. The molecule has 1 heteroatoms. The van der Waals surface area contributed by atoms with Crippen LogP contribution in [0.2, 0.25) is 13.7 Å². The Hall–Kier alpha value is 0.714. The van der Waals surface area contributed by atoms with Crippen LogP contribution >= 0.6 is 0 Å². The Morgan fingerprint density at radius 3 is 0.569 bits per heavy atom. The standard InChI is InChI=1S/C21H43.2C18H37.Ti/c1-20(2)18-16-14-12-10-8-6-5-7-9-11-13-15-17-19-21(3)4;2*1-4-5-6-7-8-9-10-11-12-13-14-15-16-17-18(2)3;/h18,20-21H,5-17,19H2,1-4H3;2*18H,1,4-17H2,2-3H3;. The van der Waals surface area contributed by atoms with Crippen molar-refractivity contribution < 1.29 is 17.9 Å². The first-order chi connectivity index (χ1) is 28.2. The molecule has 0 saturated carbocycles. The van der Waals surface area contributed by atoms with Crippen LogP contribution in [-0.4, -0.2) is 0 Å². The normalized spacial score (nSPS) is 12.6. The van der Waals surface area contributed by atoms with E-state index in [0.29, 0.717) is 0 Å². The zero-order valence-corrected chi connectivity index (χ0v) is 44.1. The van der Waals surface area contributed by atoms with Gasteiger partial charge in [-0.3, -0.25) is 0 Å². The summed E-state index contributed by atoms with van der Waals surface area (Å²) in [4.78, 5) is 0. The van der Waals surface area contributed by atoms with E-state index in [-0.39, 0.29) is 0 Å². The number of hydrogen-bond acceptors (Lipinski definition) is 0. The third kappa shape index (κ3) is 46.2. The molecule has 0 aliphatic carbocycles. The molecule has 0 spiro atoms. The zero-order chi connectivity index (χ0) is 42.6. The molecule has 0 N–H and O–H groups in total. The Bertz CT molecular complexity index is 700. The zero-order valence-electron chi connectivity index (χ0n) is 42.5. The molecular formula is C57H117Ti. The fourth-order valence-electron chi connectivity index (χ4n) is 9.89. The average Bonchev–Trinajstić information content (AvgIpc) is 3.18. The van der Waals surface area contributed by atoms with Crippen molar-refractivity contribution in [3.05, 3.63) is 0 Å². The predicted molar refractivity (Wildman–Crippen MR) is 267 cm³/mol. The second-order valence-corrected chi connectivity index (χ2v) is 26.6. The Morgan fingerprint density at radius 1 is 0.207 bits per heavy atom. The second kappa shape index (κ2) is 47.2. The summed E-state index contributed by atoms with van der Waals surface area (Å²) < 4.78 is 4.51. The van der Waals surface area contributed by atoms with Gasteiger partial charge in [-0.15, -0.1) is 0 Å². The van der Waals surface area contributed by atoms with Crippen molar-refractivity contribution in [3.8, 4) is 0 Å². The molecule has 0 rings (SSSR count). The molecule has 0 radical (unpaired) electrons. The van der Waals surface area contributed by atoms with Gasteiger partial charge in [0.1, 0.15) is 0 Å². The summed E-state index contributed by atoms with van der Waals surface area (Å²) in [5.41, 5.74) is 0. The summed E-state index contributed by atoms with van der Waals surface area (Å²) in [6.07, 6.45) is 62.8. The molecule has 0 aliphatic rings. The first kappa shape index (κ1) is 58.7. The van der Waals surface area contributed by atoms with Crippen LogP contribution in [0.4, 0.5) is 0 Å². The molecule has 0 fully saturated rings. The van der Waals surface area contributed by atoms with Crippen LogP contribution in [0.1, 0.15) is 325 Å². The molecule has 0 saturated heterocycles. The van der Waals surface area contributed by atoms with Gasteiger partial charge < -0.3 is 0 Å². The van der Waals surface area contributed by atoms with Gasteiger partial charge in [-0.1, -0.05) is 99.3 Å². The molecule has 0 aromatic carbocycles. The third-order valence-corrected chi connectivity index (χ3v) is 20.2. The fraction of sp³-hybridized carbons (Fsp3) is 1.00. The van der Waals surface area contributed by atoms with Crippen molar-refractivity contribution in [2.75, 3.05) is 0 Å². The van der Waals surface area contributed by atoms with Gasteiger partial charge in [-0.25, -0.2) is 0 Å². The molecular weight excluding hydrogens is 732 g/mol. The van der Waals surface area contributed by atoms with E-state index in [2.05, 4.69) is 55.4 Å². The van der Waals surface area contributed by atoms with Crippen LogP contribution in [0.3, 0.4) is 0 Å². The van der Waals surface area contributed by atoms with Gasteiger partial charge in [-0.2, -0.15) is 0 Å². The first-order valence-corrected chi connectivity index (χ1v) is 31.2. The topological polar surface area (TPSA) is 0 Å². The van der Waals surface area contributed by atoms with Crippen molar-refractivity contribution in [2.24, 2.45) is 23.7 Å². The van der Waals surface area contributed by atoms with Crippen LogP contribution in [0.25, 0.3) is 0 Å². The van der Waals surface area contributed by atoms with E-state index < -0.39 is 17.9 Å². The van der Waals surface area contributed by atoms with Crippen molar-refractivity contribution in [1.29, 1.82) is 0 Å². The molecule has 0 aliphatic heterocycles. The number of unbranched alkanes of at least 4 members (excludes halogenated alkanes) is 35. The molecule has 349 valence electrons. The monoisotopic (exact) mass is 850 g/mol. The molecule has 58 heavy (non-hydrogen) atoms. The third-order valence-electron chi connectivity index (χ3n) is 13.9. The number of hydrogen-bond donors (Lipinski definition) is 0. The first-order valence-electron chi connectivity index (χ1n) is 28.1. The van der Waals surface area contributed by atoms with Crippen molar-refractivity contribution >= 4 is 0 Å². The fourth-order valence-corrected chi connectivity index (χ4v) is 16.1. The molecule has 0 nitrogen and oxygen atoms in total. The minimum atomic E-state index is -1.02. The molecule has 0 amide bonds. The van der Waals surface area contributed by atoms with Gasteiger partial charge in [0.25, 0.3) is 0 Å². The Balaban J connectivity index is 4.33. The van der Waals surface area contributed by atoms with Crippen molar-refractivity contribution in [1.82, 2.24) is 0 Å². The summed E-state index contributed by atoms with van der Waals surface area (Å²) in [7, 11) is 0. The Kier molecular flexibility index (Phi) is 47.8. The van der Waals surface area contributed by atoms with E-state index in [9.17, 15) is 0 Å². The average molecular weight is 850 g/mol. The summed E-state index contributed by atoms with van der Waals surface area (Å²) in [5.74, 6) is 3.60. The van der Waals surface area contributed by atoms with E-state index in [1.54, 1.807) is 28.7 Å². The Labute approximate surface area is 378 Å². The molecule has 0 aromatic rings. The van der Waals surface area contributed by atoms with Crippen LogP contribution in [0.15, 0.2) is 0 Å². The SMILES string of the molecule is CC(C)CCCCCCCCCCCCCC[CH2][Ti]([CH2]CCCCCCCCCCCCCCC(C)C)[CH](CCCCCCCCCCCCCCC(C)C)C(C)C. The van der Waals surface area contributed by atoms with Gasteiger partial charge in [0, 0.05) is 0 Å². The van der Waals surface area contributed by atoms with E-state index in [4.69, 9.17) is 0 Å². The van der Waals surface area contributed by atoms with Crippen molar-refractivity contribution in [3.63, 3.8) is 0 Å². The van der Waals surface area contributed by atoms with E-state index in [1.165, 1.54) is 250 Å². The van der Waals surface area contributed by atoms with Crippen LogP contribution in [0.5, 0.6) is 0 Å². The van der Waals surface area contributed by atoms with Gasteiger partial charge in [0.15, 0.2) is 0 Å². The molecule has 0 aromatic heterocycles. The van der Waals surface area contributed by atoms with Gasteiger partial charge in [0.05, 0.1) is 0 Å². The van der Waals surface area contributed by atoms with Crippen molar-refractivity contribution in [2.45, 2.75) is 339 Å². The van der Waals surface area contributed by atoms with Gasteiger partial charge in [0.2, 0.25) is 0 Å². The molecule has 1 atom stereocenters. The summed E-state index contributed by atoms with van der Waals surface area (Å²) >= 11 is -1.02. The molecule has 0 heterocycles. The summed E-state index contributed by atoms with van der Waals surface area (Å²) in [6, 6.07) is 0. The maximum absolute atomic E-state index is 2.61. The van der Waals surface area contributed by atoms with Gasteiger partial charge in [-0.05, 0) is 17.8 Å². The maximum atomic E-state index is 2.61. The quantitative estimate of drug-likeness (QED) is 0.0423. The van der Waals surface area contributed by atoms with E-state index >= 15 is 0 Å². The van der Waals surface area contributed by atoms with Crippen LogP contribution < -0.4 is 0 Å². The van der Waals surface area contributed by atoms with Gasteiger partial charge >= 0.3 is 263 Å². The Morgan fingerprint density at radius 2 is 0.379 bits per heavy atom. The summed E-state index contributed by atoms with van der Waals surface area (Å²) in [5, 5.41) is 0. The minimum absolute atomic E-state index is 0.890. The second-order valence-electron chi connectivity index (χ2n) is 21.8. The van der Waals surface area contributed by atoms with E-state index in [1.807, 2.05) is 0 Å². The molecule has 0 bridgehead atoms. The van der Waals surface area contributed by atoms with Crippen LogP contribution in [0, 0.1) is 23.7 Å². The predicted octanol–water partition coefficient (Wildman–Crippen LogP) is 22.2. The van der Waals surface area contributed by atoms with E-state index in [0.717, 1.165) is 27.9 Å².